The summed E-state index contributed by atoms with van der Waals surface area (Å²) in [4.78, 5) is 28.7. The number of fused-ring (bicyclic) bond motifs is 4. The third kappa shape index (κ3) is 2.82. The van der Waals surface area contributed by atoms with Gasteiger partial charge in [-0.2, -0.15) is 0 Å². The molecule has 4 heteroatoms. The molecule has 1 N–H and O–H groups in total. The van der Waals surface area contributed by atoms with Gasteiger partial charge < -0.3 is 10.2 Å². The van der Waals surface area contributed by atoms with Crippen molar-refractivity contribution in [3.05, 3.63) is 70.8 Å². The lowest BCUT2D eigenvalue weighted by Gasteiger charge is -2.26. The number of likely N-dealkylation sites (tertiary alicyclic amines) is 1. The maximum atomic E-state index is 13.5. The van der Waals surface area contributed by atoms with E-state index in [0.29, 0.717) is 12.5 Å². The Bertz CT molecular complexity index is 1160. The van der Waals surface area contributed by atoms with Crippen LogP contribution < -0.4 is 5.32 Å². The van der Waals surface area contributed by atoms with E-state index >= 15 is 0 Å². The highest BCUT2D eigenvalue weighted by Gasteiger charge is 2.63. The quantitative estimate of drug-likeness (QED) is 0.784. The minimum atomic E-state index is 0.0854. The van der Waals surface area contributed by atoms with Gasteiger partial charge in [-0.25, -0.2) is 0 Å². The molecule has 0 bridgehead atoms. The molecule has 33 heavy (non-hydrogen) atoms. The maximum absolute atomic E-state index is 13.5. The molecule has 1 aliphatic heterocycles. The number of amides is 2. The summed E-state index contributed by atoms with van der Waals surface area (Å²) in [6, 6.07) is 17.5. The lowest BCUT2D eigenvalue weighted by atomic mass is 9.95. The van der Waals surface area contributed by atoms with Crippen molar-refractivity contribution in [1.82, 2.24) is 10.2 Å². The fourth-order valence-corrected chi connectivity index (χ4v) is 7.74. The van der Waals surface area contributed by atoms with E-state index in [-0.39, 0.29) is 34.6 Å². The Morgan fingerprint density at radius 2 is 1.48 bits per heavy atom. The first-order chi connectivity index (χ1) is 16.1. The van der Waals surface area contributed by atoms with Gasteiger partial charge in [0.1, 0.15) is 0 Å². The fourth-order valence-electron chi connectivity index (χ4n) is 7.74. The Labute approximate surface area is 195 Å². The zero-order valence-corrected chi connectivity index (χ0v) is 19.2. The van der Waals surface area contributed by atoms with Gasteiger partial charge in [-0.15, -0.1) is 0 Å². The molecular weight excluding hydrogens is 408 g/mol. The molecule has 7 rings (SSSR count). The molecule has 2 amide bonds. The van der Waals surface area contributed by atoms with Crippen molar-refractivity contribution >= 4 is 11.8 Å². The van der Waals surface area contributed by atoms with E-state index in [1.54, 1.807) is 0 Å². The van der Waals surface area contributed by atoms with E-state index in [2.05, 4.69) is 58.7 Å². The van der Waals surface area contributed by atoms with Gasteiger partial charge >= 0.3 is 0 Å². The Morgan fingerprint density at radius 1 is 0.879 bits per heavy atom. The summed E-state index contributed by atoms with van der Waals surface area (Å²) < 4.78 is 0. The second-order valence-electron chi connectivity index (χ2n) is 11.2. The first-order valence-electron chi connectivity index (χ1n) is 12.9. The van der Waals surface area contributed by atoms with Gasteiger partial charge in [-0.1, -0.05) is 48.5 Å². The largest absolute Gasteiger partial charge is 0.354 e. The zero-order valence-electron chi connectivity index (χ0n) is 19.2. The molecule has 170 valence electrons. The van der Waals surface area contributed by atoms with Gasteiger partial charge in [0.2, 0.25) is 11.8 Å². The molecule has 4 nitrogen and oxygen atoms in total. The van der Waals surface area contributed by atoms with Gasteiger partial charge in [-0.3, -0.25) is 9.59 Å². The van der Waals surface area contributed by atoms with Crippen molar-refractivity contribution < 1.29 is 9.59 Å². The average molecular weight is 441 g/mol. The number of hydrogen-bond acceptors (Lipinski definition) is 2. The lowest BCUT2D eigenvalue weighted by molar-refractivity contribution is -0.134. The van der Waals surface area contributed by atoms with E-state index < -0.39 is 0 Å². The van der Waals surface area contributed by atoms with E-state index in [9.17, 15) is 9.59 Å². The van der Waals surface area contributed by atoms with Crippen molar-refractivity contribution in [1.29, 1.82) is 0 Å². The van der Waals surface area contributed by atoms with Gasteiger partial charge in [-0.05, 0) is 73.6 Å². The second kappa shape index (κ2) is 6.94. The Morgan fingerprint density at radius 3 is 2.18 bits per heavy atom. The first-order valence-corrected chi connectivity index (χ1v) is 12.9. The van der Waals surface area contributed by atoms with Crippen molar-refractivity contribution in [2.45, 2.75) is 68.2 Å². The number of benzene rings is 2. The Kier molecular flexibility index (Phi) is 4.17. The molecule has 0 radical (unpaired) electrons. The summed E-state index contributed by atoms with van der Waals surface area (Å²) in [5.74, 6) is 0.766. The van der Waals surface area contributed by atoms with Crippen molar-refractivity contribution in [3.63, 3.8) is 0 Å². The third-order valence-electron chi connectivity index (χ3n) is 9.73. The topological polar surface area (TPSA) is 49.4 Å². The van der Waals surface area contributed by atoms with E-state index in [1.807, 2.05) is 0 Å². The smallest absolute Gasteiger partial charge is 0.226 e. The van der Waals surface area contributed by atoms with Gasteiger partial charge in [0.25, 0.3) is 0 Å². The summed E-state index contributed by atoms with van der Waals surface area (Å²) in [5, 5.41) is 3.26. The number of carbonyl (C=O) groups excluding carboxylic acids is 2. The van der Waals surface area contributed by atoms with Crippen molar-refractivity contribution in [2.75, 3.05) is 13.1 Å². The predicted octanol–water partition coefficient (Wildman–Crippen LogP) is 3.90. The molecule has 0 aromatic heterocycles. The summed E-state index contributed by atoms with van der Waals surface area (Å²) >= 11 is 0. The number of carbonyl (C=O) groups is 2. The van der Waals surface area contributed by atoms with Gasteiger partial charge in [0.05, 0.1) is 0 Å². The molecule has 5 atom stereocenters. The van der Waals surface area contributed by atoms with Crippen molar-refractivity contribution in [3.8, 4) is 0 Å². The molecule has 2 spiro atoms. The second-order valence-corrected chi connectivity index (χ2v) is 11.2. The minimum absolute atomic E-state index is 0.0854. The lowest BCUT2D eigenvalue weighted by Crippen LogP contribution is -2.45. The van der Waals surface area contributed by atoms with Crippen LogP contribution in [-0.4, -0.2) is 35.8 Å². The third-order valence-corrected chi connectivity index (χ3v) is 9.73. The SMILES string of the molecule is O=C(NC[C@H]1CCCN1C(=O)C1CC12CCc1ccccc12)C1CC12CCc1ccccc12. The minimum Gasteiger partial charge on any atom is -0.354 e. The number of rotatable bonds is 4. The van der Waals surface area contributed by atoms with E-state index in [1.165, 1.54) is 22.3 Å². The van der Waals surface area contributed by atoms with Crippen LogP contribution in [0, 0.1) is 11.8 Å². The van der Waals surface area contributed by atoms with E-state index in [0.717, 1.165) is 57.9 Å². The van der Waals surface area contributed by atoms with Crippen LogP contribution in [0.15, 0.2) is 48.5 Å². The summed E-state index contributed by atoms with van der Waals surface area (Å²) in [5.41, 5.74) is 5.86. The maximum Gasteiger partial charge on any atom is 0.226 e. The van der Waals surface area contributed by atoms with Crippen LogP contribution in [0.3, 0.4) is 0 Å². The molecule has 2 saturated carbocycles. The molecule has 3 fully saturated rings. The van der Waals surface area contributed by atoms with Crippen LogP contribution >= 0.6 is 0 Å². The molecule has 1 heterocycles. The molecule has 1 saturated heterocycles. The standard InChI is InChI=1S/C29H32N2O2/c32-26(24-16-28(24)13-11-19-6-1-3-9-22(19)28)30-18-21-8-5-15-31(21)27(33)25-17-29(25)14-12-20-7-2-4-10-23(20)29/h1-4,6-7,9-10,21,24-25H,5,8,11-18H2,(H,30,32)/t21-,24?,25?,28?,29?/m1/s1. The highest BCUT2D eigenvalue weighted by atomic mass is 16.2. The number of nitrogens with one attached hydrogen (secondary N) is 1. The van der Waals surface area contributed by atoms with Gasteiger partial charge in [0, 0.05) is 41.8 Å². The molecule has 5 aliphatic rings. The van der Waals surface area contributed by atoms with Gasteiger partial charge in [0.15, 0.2) is 0 Å². The number of hydrogen-bond donors (Lipinski definition) is 1. The highest BCUT2D eigenvalue weighted by molar-refractivity contribution is 5.86. The monoisotopic (exact) mass is 440 g/mol. The van der Waals surface area contributed by atoms with E-state index in [4.69, 9.17) is 0 Å². The highest BCUT2D eigenvalue weighted by Crippen LogP contribution is 2.63. The molecule has 2 aromatic carbocycles. The normalized spacial score (nSPS) is 35.0. The van der Waals surface area contributed by atoms with Crippen LogP contribution in [0.25, 0.3) is 0 Å². The summed E-state index contributed by atoms with van der Waals surface area (Å²) in [6.45, 7) is 1.45. The summed E-state index contributed by atoms with van der Waals surface area (Å²) in [7, 11) is 0. The molecule has 2 aromatic rings. The molecule has 4 unspecified atom stereocenters. The molecule has 4 aliphatic carbocycles. The van der Waals surface area contributed by atoms with Crippen LogP contribution in [0.5, 0.6) is 0 Å². The Hall–Kier alpha value is -2.62. The zero-order chi connectivity index (χ0) is 22.2. The van der Waals surface area contributed by atoms with Crippen LogP contribution in [0.2, 0.25) is 0 Å². The van der Waals surface area contributed by atoms with Crippen LogP contribution in [0.4, 0.5) is 0 Å². The number of nitrogens with zero attached hydrogens (tertiary/aromatic N) is 1. The summed E-state index contributed by atoms with van der Waals surface area (Å²) in [6.07, 6.45) is 8.44. The Balaban J connectivity index is 0.996. The number of aryl methyl sites for hydroxylation is 2. The average Bonchev–Trinajstić information content (AvgIpc) is 3.56. The predicted molar refractivity (Wildman–Crippen MR) is 127 cm³/mol. The first kappa shape index (κ1) is 19.8. The van der Waals surface area contributed by atoms with Crippen molar-refractivity contribution in [2.24, 2.45) is 11.8 Å². The van der Waals surface area contributed by atoms with Crippen LogP contribution in [0.1, 0.15) is 60.8 Å². The van der Waals surface area contributed by atoms with Crippen LogP contribution in [-0.2, 0) is 33.3 Å². The molecular formula is C29H32N2O2. The fraction of sp³-hybridized carbons (Fsp3) is 0.517.